The normalized spacial score (nSPS) is 11.6. The molecule has 18 heavy (non-hydrogen) atoms. The second kappa shape index (κ2) is 6.64. The molecular weight excluding hydrogens is 224 g/mol. The van der Waals surface area contributed by atoms with Gasteiger partial charge in [0.15, 0.2) is 0 Å². The molecule has 1 aromatic rings. The summed E-state index contributed by atoms with van der Waals surface area (Å²) in [4.78, 5) is 2.39. The summed E-state index contributed by atoms with van der Waals surface area (Å²) in [5.41, 5.74) is 7.70. The summed E-state index contributed by atoms with van der Waals surface area (Å²) in [6.45, 7) is 8.51. The lowest BCUT2D eigenvalue weighted by Gasteiger charge is -2.30. The Morgan fingerprint density at radius 3 is 2.28 bits per heavy atom. The minimum atomic E-state index is -0.0696. The quantitative estimate of drug-likeness (QED) is 0.755. The lowest BCUT2D eigenvalue weighted by molar-refractivity contribution is 0.0172. The second-order valence-corrected chi connectivity index (χ2v) is 5.29. The number of ether oxygens (including phenoxy) is 1. The van der Waals surface area contributed by atoms with E-state index in [0.717, 1.165) is 31.6 Å². The Bertz CT molecular complexity index is 346. The second-order valence-electron chi connectivity index (χ2n) is 5.29. The van der Waals surface area contributed by atoms with E-state index in [0.29, 0.717) is 0 Å². The Balaban J connectivity index is 2.68. The van der Waals surface area contributed by atoms with Crippen LogP contribution in [0.2, 0.25) is 0 Å². The van der Waals surface area contributed by atoms with Crippen LogP contribution in [0.25, 0.3) is 0 Å². The Hall–Kier alpha value is -1.22. The maximum atomic E-state index is 5.73. The summed E-state index contributed by atoms with van der Waals surface area (Å²) in [7, 11) is 1.77. The molecule has 0 atom stereocenters. The van der Waals surface area contributed by atoms with Gasteiger partial charge in [0, 0.05) is 31.6 Å². The summed E-state index contributed by atoms with van der Waals surface area (Å²) in [5, 5.41) is 0. The topological polar surface area (TPSA) is 38.5 Å². The van der Waals surface area contributed by atoms with Gasteiger partial charge in [0.05, 0.1) is 5.60 Å². The van der Waals surface area contributed by atoms with Crippen molar-refractivity contribution in [3.05, 3.63) is 24.3 Å². The van der Waals surface area contributed by atoms with Crippen molar-refractivity contribution in [1.29, 1.82) is 0 Å². The van der Waals surface area contributed by atoms with Gasteiger partial charge in [-0.3, -0.25) is 0 Å². The smallest absolute Gasteiger partial charge is 0.0639 e. The number of nitrogens with zero attached hydrogens (tertiary/aromatic N) is 1. The predicted octanol–water partition coefficient (Wildman–Crippen LogP) is 3.30. The van der Waals surface area contributed by atoms with Gasteiger partial charge < -0.3 is 15.4 Å². The molecule has 0 bridgehead atoms. The molecule has 0 heterocycles. The van der Waals surface area contributed by atoms with Crippen LogP contribution in [-0.4, -0.2) is 25.8 Å². The van der Waals surface area contributed by atoms with E-state index in [4.69, 9.17) is 10.5 Å². The number of nitrogens with two attached hydrogens (primary N) is 1. The summed E-state index contributed by atoms with van der Waals surface area (Å²) < 4.78 is 5.47. The lowest BCUT2D eigenvalue weighted by atomic mass is 10.0. The largest absolute Gasteiger partial charge is 0.399 e. The van der Waals surface area contributed by atoms with Gasteiger partial charge in [-0.25, -0.2) is 0 Å². The van der Waals surface area contributed by atoms with E-state index >= 15 is 0 Å². The summed E-state index contributed by atoms with van der Waals surface area (Å²) in [6.07, 6.45) is 2.14. The number of rotatable bonds is 7. The van der Waals surface area contributed by atoms with E-state index in [1.165, 1.54) is 5.69 Å². The molecule has 3 nitrogen and oxygen atoms in total. The van der Waals surface area contributed by atoms with Crippen LogP contribution in [0.5, 0.6) is 0 Å². The number of methoxy groups -OCH3 is 1. The highest BCUT2D eigenvalue weighted by molar-refractivity contribution is 5.53. The van der Waals surface area contributed by atoms with E-state index in [-0.39, 0.29) is 5.60 Å². The first-order valence-corrected chi connectivity index (χ1v) is 6.64. The molecule has 0 spiro atoms. The molecule has 0 unspecified atom stereocenters. The van der Waals surface area contributed by atoms with Gasteiger partial charge in [-0.2, -0.15) is 0 Å². The van der Waals surface area contributed by atoms with E-state index in [2.05, 4.69) is 37.8 Å². The Morgan fingerprint density at radius 2 is 1.78 bits per heavy atom. The molecular formula is C15H26N2O. The molecule has 0 fully saturated rings. The summed E-state index contributed by atoms with van der Waals surface area (Å²) in [5.74, 6) is 0. The van der Waals surface area contributed by atoms with Crippen LogP contribution in [0.15, 0.2) is 24.3 Å². The minimum absolute atomic E-state index is 0.0696. The van der Waals surface area contributed by atoms with Crippen LogP contribution in [-0.2, 0) is 4.74 Å². The fourth-order valence-corrected chi connectivity index (χ4v) is 1.83. The molecule has 1 aromatic carbocycles. The van der Waals surface area contributed by atoms with Gasteiger partial charge in [0.25, 0.3) is 0 Å². The van der Waals surface area contributed by atoms with Crippen molar-refractivity contribution in [2.24, 2.45) is 0 Å². The maximum Gasteiger partial charge on any atom is 0.0639 e. The van der Waals surface area contributed by atoms with Crippen LogP contribution in [0.4, 0.5) is 11.4 Å². The molecule has 0 aliphatic heterocycles. The molecule has 2 N–H and O–H groups in total. The molecule has 3 heteroatoms. The molecule has 102 valence electrons. The third kappa shape index (κ3) is 4.57. The average Bonchev–Trinajstić information content (AvgIpc) is 2.36. The van der Waals surface area contributed by atoms with E-state index < -0.39 is 0 Å². The van der Waals surface area contributed by atoms with Crippen LogP contribution >= 0.6 is 0 Å². The number of hydrogen-bond acceptors (Lipinski definition) is 3. The third-order valence-electron chi connectivity index (χ3n) is 3.29. The van der Waals surface area contributed by atoms with Gasteiger partial charge >= 0.3 is 0 Å². The number of hydrogen-bond donors (Lipinski definition) is 1. The predicted molar refractivity (Wildman–Crippen MR) is 79.1 cm³/mol. The van der Waals surface area contributed by atoms with Crippen molar-refractivity contribution in [2.45, 2.75) is 39.2 Å². The van der Waals surface area contributed by atoms with Crippen LogP contribution in [0, 0.1) is 0 Å². The number of nitrogen functional groups attached to an aromatic ring is 1. The van der Waals surface area contributed by atoms with Crippen molar-refractivity contribution in [1.82, 2.24) is 0 Å². The van der Waals surface area contributed by atoms with Gasteiger partial charge in [-0.15, -0.1) is 0 Å². The molecule has 0 radical (unpaired) electrons. The zero-order valence-electron chi connectivity index (χ0n) is 12.1. The van der Waals surface area contributed by atoms with Crippen LogP contribution in [0.1, 0.15) is 33.6 Å². The van der Waals surface area contributed by atoms with Crippen molar-refractivity contribution in [2.75, 3.05) is 30.8 Å². The highest BCUT2D eigenvalue weighted by atomic mass is 16.5. The van der Waals surface area contributed by atoms with E-state index in [1.807, 2.05) is 12.1 Å². The molecule has 1 rings (SSSR count). The Kier molecular flexibility index (Phi) is 5.48. The average molecular weight is 250 g/mol. The first-order chi connectivity index (χ1) is 8.48. The fourth-order valence-electron chi connectivity index (χ4n) is 1.83. The van der Waals surface area contributed by atoms with Gasteiger partial charge in [0.2, 0.25) is 0 Å². The fraction of sp³-hybridized carbons (Fsp3) is 0.600. The van der Waals surface area contributed by atoms with Crippen LogP contribution < -0.4 is 10.6 Å². The van der Waals surface area contributed by atoms with E-state index in [9.17, 15) is 0 Å². The summed E-state index contributed by atoms with van der Waals surface area (Å²) >= 11 is 0. The highest BCUT2D eigenvalue weighted by Crippen LogP contribution is 2.20. The van der Waals surface area contributed by atoms with Gasteiger partial charge in [-0.05, 0) is 51.0 Å². The van der Waals surface area contributed by atoms with Gasteiger partial charge in [-0.1, -0.05) is 6.92 Å². The van der Waals surface area contributed by atoms with E-state index in [1.54, 1.807) is 7.11 Å². The zero-order valence-corrected chi connectivity index (χ0v) is 12.1. The molecule has 0 aromatic heterocycles. The van der Waals surface area contributed by atoms with Gasteiger partial charge in [0.1, 0.15) is 0 Å². The Labute approximate surface area is 111 Å². The summed E-state index contributed by atoms with van der Waals surface area (Å²) in [6, 6.07) is 8.09. The minimum Gasteiger partial charge on any atom is -0.399 e. The van der Waals surface area contributed by atoms with Crippen molar-refractivity contribution in [3.63, 3.8) is 0 Å². The molecule has 0 aliphatic rings. The number of anilines is 2. The highest BCUT2D eigenvalue weighted by Gasteiger charge is 2.18. The van der Waals surface area contributed by atoms with Crippen molar-refractivity contribution < 1.29 is 4.74 Å². The first kappa shape index (κ1) is 14.8. The zero-order chi connectivity index (χ0) is 13.6. The maximum absolute atomic E-state index is 5.73. The lowest BCUT2D eigenvalue weighted by Crippen LogP contribution is -2.32. The molecule has 0 saturated heterocycles. The molecule has 0 saturated carbocycles. The van der Waals surface area contributed by atoms with Crippen molar-refractivity contribution >= 4 is 11.4 Å². The molecule has 0 aliphatic carbocycles. The van der Waals surface area contributed by atoms with Crippen molar-refractivity contribution in [3.8, 4) is 0 Å². The standard InChI is InChI=1S/C15H26N2O/c1-5-11-17(12-10-15(2,3)18-4)14-8-6-13(16)7-9-14/h6-9H,5,10-12,16H2,1-4H3. The monoisotopic (exact) mass is 250 g/mol. The van der Waals surface area contributed by atoms with Crippen LogP contribution in [0.3, 0.4) is 0 Å². The Morgan fingerprint density at radius 1 is 1.17 bits per heavy atom. The third-order valence-corrected chi connectivity index (χ3v) is 3.29. The SMILES string of the molecule is CCCN(CCC(C)(C)OC)c1ccc(N)cc1. The first-order valence-electron chi connectivity index (χ1n) is 6.64. The number of benzene rings is 1. The molecule has 0 amide bonds.